The number of alkyl halides is 6. The number of nitrogen functional groups attached to an aromatic ring is 1. The molecule has 16 N–H and O–H groups in total. The smallest absolute Gasteiger partial charge is 0.399 e. The molecule has 0 spiro atoms. The second-order valence-corrected chi connectivity index (χ2v) is 8.29. The van der Waals surface area contributed by atoms with Gasteiger partial charge < -0.3 is 17.6 Å². The number of nitrogens with one attached hydrogen (secondary N) is 2. The molecule has 2 aromatic rings. The number of hydrazine groups is 2. The van der Waals surface area contributed by atoms with Gasteiger partial charge >= 0.3 is 12.4 Å². The molecule has 0 heterocycles. The lowest BCUT2D eigenvalue weighted by Crippen LogP contribution is -2.24. The Bertz CT molecular complexity index is 859. The number of nitrogens with two attached hydrogens (primary N) is 5. The van der Waals surface area contributed by atoms with E-state index in [2.05, 4.69) is 17.1 Å². The van der Waals surface area contributed by atoms with E-state index in [1.807, 2.05) is 0 Å². The topological polar surface area (TPSA) is 209 Å². The molecule has 2 aromatic carbocycles. The second-order valence-electron chi connectivity index (χ2n) is 6.01. The Balaban J connectivity index is 0. The molecule has 0 aliphatic carbocycles. The van der Waals surface area contributed by atoms with Crippen molar-refractivity contribution < 1.29 is 31.5 Å². The average molecular weight is 553 g/mol. The zero-order valence-electron chi connectivity index (χ0n) is 18.4. The molecule has 0 bridgehead atoms. The van der Waals surface area contributed by atoms with Crippen LogP contribution in [0.1, 0.15) is 11.1 Å². The third kappa shape index (κ3) is 13.1. The van der Waals surface area contributed by atoms with Crippen molar-refractivity contribution in [1.82, 2.24) is 11.6 Å². The molecule has 0 unspecified atom stereocenters. The van der Waals surface area contributed by atoms with E-state index in [1.54, 1.807) is 5.48 Å². The van der Waals surface area contributed by atoms with Crippen LogP contribution in [-0.4, -0.2) is 29.8 Å². The van der Waals surface area contributed by atoms with Crippen LogP contribution in [0, 0.1) is 0 Å². The zero-order chi connectivity index (χ0) is 26.4. The number of benzene rings is 2. The molecule has 0 aromatic heterocycles. The summed E-state index contributed by atoms with van der Waals surface area (Å²) in [5.41, 5.74) is 13.3. The Morgan fingerprint density at radius 1 is 0.829 bits per heavy atom. The van der Waals surface area contributed by atoms with Gasteiger partial charge in [0, 0.05) is 40.1 Å². The molecule has 0 saturated carbocycles. The quantitative estimate of drug-likeness (QED) is 0.0579. The van der Waals surface area contributed by atoms with Crippen LogP contribution in [0.25, 0.3) is 0 Å². The van der Waals surface area contributed by atoms with Gasteiger partial charge in [-0.25, -0.2) is 0 Å². The summed E-state index contributed by atoms with van der Waals surface area (Å²) in [6, 6.07) is 7.31. The van der Waals surface area contributed by atoms with Crippen LogP contribution in [0.2, 0.25) is 0 Å². The van der Waals surface area contributed by atoms with Gasteiger partial charge in [0.05, 0.1) is 16.8 Å². The van der Waals surface area contributed by atoms with Crippen molar-refractivity contribution >= 4 is 34.9 Å². The number of anilines is 2. The van der Waals surface area contributed by atoms with Crippen molar-refractivity contribution in [3.05, 3.63) is 47.5 Å². The number of rotatable bonds is 8. The maximum absolute atomic E-state index is 12.6. The van der Waals surface area contributed by atoms with E-state index in [1.165, 1.54) is 24.3 Å². The van der Waals surface area contributed by atoms with E-state index in [9.17, 15) is 26.3 Å². The molecule has 0 radical (unpaired) electrons. The number of thioether (sulfide) groups is 2. The molecule has 0 saturated heterocycles. The molecule has 202 valence electrons. The zero-order valence-corrected chi connectivity index (χ0v) is 20.1. The normalized spacial score (nSPS) is 10.8. The van der Waals surface area contributed by atoms with Crippen LogP contribution in [0.15, 0.2) is 46.2 Å². The Labute approximate surface area is 207 Å². The SMILES string of the molecule is N.NCCSc1ccc(NO)cc1C(F)(F)F.NN.NNCCSc1ccc(N)cc1C(F)(F)F. The van der Waals surface area contributed by atoms with Crippen molar-refractivity contribution in [3.63, 3.8) is 0 Å². The van der Waals surface area contributed by atoms with Crippen LogP contribution >= 0.6 is 23.5 Å². The van der Waals surface area contributed by atoms with Gasteiger partial charge in [-0.15, -0.1) is 23.5 Å². The first-order chi connectivity index (χ1) is 15.9. The first-order valence-corrected chi connectivity index (χ1v) is 11.2. The van der Waals surface area contributed by atoms with Gasteiger partial charge in [0.2, 0.25) is 0 Å². The molecule has 2 rings (SSSR count). The highest BCUT2D eigenvalue weighted by molar-refractivity contribution is 7.99. The molecule has 0 aliphatic heterocycles. The summed E-state index contributed by atoms with van der Waals surface area (Å²) in [7, 11) is 0. The minimum Gasteiger partial charge on any atom is -0.399 e. The van der Waals surface area contributed by atoms with E-state index < -0.39 is 23.5 Å². The predicted octanol–water partition coefficient (Wildman–Crippen LogP) is 3.38. The lowest BCUT2D eigenvalue weighted by atomic mass is 10.2. The van der Waals surface area contributed by atoms with E-state index >= 15 is 0 Å². The third-order valence-electron chi connectivity index (χ3n) is 3.60. The molecule has 9 nitrogen and oxygen atoms in total. The van der Waals surface area contributed by atoms with Crippen molar-refractivity contribution in [1.29, 1.82) is 0 Å². The van der Waals surface area contributed by atoms with Gasteiger partial charge in [0.15, 0.2) is 0 Å². The summed E-state index contributed by atoms with van der Waals surface area (Å²) < 4.78 is 75.8. The fourth-order valence-corrected chi connectivity index (χ4v) is 4.00. The highest BCUT2D eigenvalue weighted by Gasteiger charge is 2.34. The molecule has 0 aliphatic rings. The first kappa shape index (κ1) is 35.2. The van der Waals surface area contributed by atoms with Gasteiger partial charge in [-0.2, -0.15) is 26.3 Å². The summed E-state index contributed by atoms with van der Waals surface area (Å²) in [6.45, 7) is 0.744. The van der Waals surface area contributed by atoms with Gasteiger partial charge in [-0.1, -0.05) is 0 Å². The monoisotopic (exact) mass is 552 g/mol. The second kappa shape index (κ2) is 17.5. The van der Waals surface area contributed by atoms with Crippen LogP contribution in [0.3, 0.4) is 0 Å². The van der Waals surface area contributed by atoms with E-state index in [0.717, 1.165) is 35.7 Å². The van der Waals surface area contributed by atoms with Crippen molar-refractivity contribution in [2.75, 3.05) is 35.8 Å². The Morgan fingerprint density at radius 2 is 1.31 bits per heavy atom. The van der Waals surface area contributed by atoms with Crippen LogP contribution in [0.4, 0.5) is 37.7 Å². The molecule has 0 atom stereocenters. The van der Waals surface area contributed by atoms with E-state index in [-0.39, 0.29) is 27.3 Å². The summed E-state index contributed by atoms with van der Waals surface area (Å²) >= 11 is 2.13. The van der Waals surface area contributed by atoms with Crippen LogP contribution < -0.4 is 46.1 Å². The molecule has 35 heavy (non-hydrogen) atoms. The fraction of sp³-hybridized carbons (Fsp3) is 0.333. The van der Waals surface area contributed by atoms with Crippen LogP contribution in [-0.2, 0) is 12.4 Å². The lowest BCUT2D eigenvalue weighted by molar-refractivity contribution is -0.140. The third-order valence-corrected chi connectivity index (χ3v) is 5.78. The van der Waals surface area contributed by atoms with Gasteiger partial charge in [0.25, 0.3) is 0 Å². The Kier molecular flexibility index (Phi) is 17.6. The number of hydrogen-bond donors (Lipinski definition) is 9. The lowest BCUT2D eigenvalue weighted by Gasteiger charge is -2.13. The van der Waals surface area contributed by atoms with Crippen molar-refractivity contribution in [2.24, 2.45) is 23.3 Å². The molecule has 0 fully saturated rings. The Morgan fingerprint density at radius 3 is 1.77 bits per heavy atom. The molecular weight excluding hydrogens is 522 g/mol. The summed E-state index contributed by atoms with van der Waals surface area (Å²) in [6.07, 6.45) is -8.82. The minimum atomic E-state index is -4.44. The summed E-state index contributed by atoms with van der Waals surface area (Å²) in [4.78, 5) is 0.272. The maximum atomic E-state index is 12.6. The largest absolute Gasteiger partial charge is 0.417 e. The van der Waals surface area contributed by atoms with E-state index in [0.29, 0.717) is 24.6 Å². The average Bonchev–Trinajstić information content (AvgIpc) is 2.79. The minimum absolute atomic E-state index is 0. The standard InChI is InChI=1S/C9H12F3N3S.C9H11F3N2OS.H4N2.H3N/c10-9(11,12)7-5-6(13)1-2-8(7)16-4-3-15-14;10-9(11,12)7-5-6(14-15)1-2-8(7)16-4-3-13;1-2;/h1-2,5,15H,3-4,13-14H2;1-2,5,14-15H,3-4,13H2;1-2H2;1H3. The Hall–Kier alpha value is -1.96. The fourth-order valence-electron chi connectivity index (χ4n) is 2.23. The van der Waals surface area contributed by atoms with Gasteiger partial charge in [-0.3, -0.25) is 33.6 Å². The highest BCUT2D eigenvalue weighted by Crippen LogP contribution is 2.38. The number of halogens is 6. The van der Waals surface area contributed by atoms with E-state index in [4.69, 9.17) is 22.5 Å². The summed E-state index contributed by atoms with van der Waals surface area (Å²) in [5, 5.41) is 8.55. The maximum Gasteiger partial charge on any atom is 0.417 e. The van der Waals surface area contributed by atoms with Crippen molar-refractivity contribution in [2.45, 2.75) is 22.1 Å². The predicted molar refractivity (Wildman–Crippen MR) is 129 cm³/mol. The first-order valence-electron chi connectivity index (χ1n) is 9.24. The molecular formula is C18H30F6N8OS2. The highest BCUT2D eigenvalue weighted by atomic mass is 32.2. The molecule has 17 heteroatoms. The van der Waals surface area contributed by atoms with Gasteiger partial charge in [0.1, 0.15) is 0 Å². The number of hydrogen-bond acceptors (Lipinski definition) is 11. The van der Waals surface area contributed by atoms with Crippen molar-refractivity contribution in [3.8, 4) is 0 Å². The van der Waals surface area contributed by atoms with Gasteiger partial charge in [-0.05, 0) is 36.4 Å². The summed E-state index contributed by atoms with van der Waals surface area (Å²) in [5.74, 6) is 13.9. The molecule has 0 amide bonds. The van der Waals surface area contributed by atoms with Crippen LogP contribution in [0.5, 0.6) is 0 Å².